The first kappa shape index (κ1) is 13.0. The maximum atomic E-state index is 3.86. The molecule has 3 saturated heterocycles. The van der Waals surface area contributed by atoms with Crippen LogP contribution in [0.4, 0.5) is 0 Å². The lowest BCUT2D eigenvalue weighted by atomic mass is 9.61. The van der Waals surface area contributed by atoms with Gasteiger partial charge < -0.3 is 15.2 Å². The lowest BCUT2D eigenvalue weighted by molar-refractivity contribution is -0.989. The van der Waals surface area contributed by atoms with Crippen LogP contribution in [0.25, 0.3) is 10.9 Å². The number of aromatic amines is 1. The second-order valence-electron chi connectivity index (χ2n) is 8.37. The van der Waals surface area contributed by atoms with Gasteiger partial charge in [-0.15, -0.1) is 0 Å². The van der Waals surface area contributed by atoms with Crippen molar-refractivity contribution >= 4 is 10.9 Å². The van der Waals surface area contributed by atoms with Crippen LogP contribution < -0.4 is 10.2 Å². The molecule has 2 bridgehead atoms. The Bertz CT molecular complexity index is 763. The van der Waals surface area contributed by atoms with E-state index in [9.17, 15) is 0 Å². The molecular formula is C20H27N3+2. The minimum atomic E-state index is 0.750. The van der Waals surface area contributed by atoms with E-state index in [1.54, 1.807) is 11.3 Å². The predicted octanol–water partition coefficient (Wildman–Crippen LogP) is 0.784. The van der Waals surface area contributed by atoms with E-state index in [0.717, 1.165) is 30.0 Å². The van der Waals surface area contributed by atoms with Gasteiger partial charge in [-0.25, -0.2) is 0 Å². The van der Waals surface area contributed by atoms with Crippen LogP contribution in [0.1, 0.15) is 43.0 Å². The van der Waals surface area contributed by atoms with Gasteiger partial charge in [0.1, 0.15) is 12.1 Å². The fourth-order valence-electron chi connectivity index (χ4n) is 6.89. The van der Waals surface area contributed by atoms with Crippen molar-refractivity contribution < 1.29 is 10.2 Å². The normalized spacial score (nSPS) is 41.4. The largest absolute Gasteiger partial charge is 0.353 e. The molecule has 120 valence electrons. The highest BCUT2D eigenvalue weighted by Gasteiger charge is 2.60. The van der Waals surface area contributed by atoms with Crippen molar-refractivity contribution in [1.82, 2.24) is 4.98 Å². The molecule has 1 aromatic heterocycles. The minimum absolute atomic E-state index is 0.750. The number of H-pyrrole nitrogens is 1. The van der Waals surface area contributed by atoms with Gasteiger partial charge in [-0.2, -0.15) is 0 Å². The summed E-state index contributed by atoms with van der Waals surface area (Å²) in [6.45, 7) is 2.73. The molecule has 2 aromatic rings. The number of fused-ring (bicyclic) bond motifs is 4. The molecule has 5 heterocycles. The third-order valence-corrected chi connectivity index (χ3v) is 7.62. The molecule has 1 aliphatic carbocycles. The van der Waals surface area contributed by atoms with Crippen molar-refractivity contribution in [3.8, 4) is 0 Å². The number of aromatic nitrogens is 1. The van der Waals surface area contributed by atoms with Gasteiger partial charge in [0.2, 0.25) is 0 Å². The Hall–Kier alpha value is -1.32. The molecule has 23 heavy (non-hydrogen) atoms. The molecule has 4 aliphatic heterocycles. The van der Waals surface area contributed by atoms with E-state index < -0.39 is 0 Å². The summed E-state index contributed by atoms with van der Waals surface area (Å²) in [5, 5.41) is 4.21. The zero-order valence-electron chi connectivity index (χ0n) is 13.7. The van der Waals surface area contributed by atoms with Crippen LogP contribution in [0.5, 0.6) is 0 Å². The van der Waals surface area contributed by atoms with E-state index in [1.807, 2.05) is 4.90 Å². The molecule has 5 aliphatic rings. The van der Waals surface area contributed by atoms with Crippen LogP contribution in [0.2, 0.25) is 0 Å². The van der Waals surface area contributed by atoms with Crippen molar-refractivity contribution in [2.45, 2.75) is 50.2 Å². The number of piperidine rings is 3. The number of benzene rings is 1. The fraction of sp³-hybridized carbons (Fsp3) is 0.600. The number of quaternary nitrogens is 2. The highest BCUT2D eigenvalue weighted by molar-refractivity contribution is 5.85. The maximum absolute atomic E-state index is 3.86. The smallest absolute Gasteiger partial charge is 0.137 e. The summed E-state index contributed by atoms with van der Waals surface area (Å²) in [7, 11) is 0. The van der Waals surface area contributed by atoms with Crippen molar-refractivity contribution in [3.63, 3.8) is 0 Å². The number of nitrogens with one attached hydrogen (secondary N) is 2. The lowest BCUT2D eigenvalue weighted by Gasteiger charge is -2.56. The Labute approximate surface area is 137 Å². The second-order valence-corrected chi connectivity index (χ2v) is 8.37. The summed E-state index contributed by atoms with van der Waals surface area (Å²) in [6.07, 6.45) is 7.17. The standard InChI is InChI=1S/C20H25N3/c1-2-6-16-12(4-1)13-9-11-23-17-8-7-15(20(23)19(13)22-16)18-14(17)5-3-10-21-18/h1-2,4,6,14-15,17-18,20-22H,3,5,7-11H2/p+2/t14-,15+,17-,18-,20-/m1/s1. The van der Waals surface area contributed by atoms with E-state index in [2.05, 4.69) is 34.6 Å². The van der Waals surface area contributed by atoms with E-state index in [1.165, 1.54) is 56.1 Å². The van der Waals surface area contributed by atoms with E-state index in [0.29, 0.717) is 0 Å². The van der Waals surface area contributed by atoms with Gasteiger partial charge in [0.05, 0.1) is 36.7 Å². The summed E-state index contributed by atoms with van der Waals surface area (Å²) in [6, 6.07) is 11.6. The molecule has 0 radical (unpaired) electrons. The number of hydrogen-bond donors (Lipinski definition) is 3. The van der Waals surface area contributed by atoms with Crippen LogP contribution in [-0.4, -0.2) is 30.2 Å². The van der Waals surface area contributed by atoms with Gasteiger partial charge in [0.25, 0.3) is 0 Å². The predicted molar refractivity (Wildman–Crippen MR) is 90.4 cm³/mol. The Morgan fingerprint density at radius 2 is 2.04 bits per heavy atom. The SMILES string of the molecule is c1ccc2c3c([nH]c2c1)[C@H]1[C@H]2CC[C@H]([C@H]4CCC[NH2+][C@H]42)[NH+]1CC3. The number of para-hydroxylation sites is 1. The molecule has 3 nitrogen and oxygen atoms in total. The molecule has 1 aromatic carbocycles. The Morgan fingerprint density at radius 1 is 1.09 bits per heavy atom. The summed E-state index contributed by atoms with van der Waals surface area (Å²) in [5.74, 6) is 1.90. The van der Waals surface area contributed by atoms with E-state index in [4.69, 9.17) is 0 Å². The van der Waals surface area contributed by atoms with Crippen molar-refractivity contribution in [1.29, 1.82) is 0 Å². The minimum Gasteiger partial charge on any atom is -0.353 e. The molecular weight excluding hydrogens is 282 g/mol. The fourth-order valence-corrected chi connectivity index (χ4v) is 6.89. The molecule has 4 fully saturated rings. The number of hydrogen-bond acceptors (Lipinski definition) is 0. The molecule has 1 saturated carbocycles. The van der Waals surface area contributed by atoms with E-state index >= 15 is 0 Å². The molecule has 1 unspecified atom stereocenters. The quantitative estimate of drug-likeness (QED) is 0.643. The van der Waals surface area contributed by atoms with Crippen molar-refractivity contribution in [3.05, 3.63) is 35.5 Å². The van der Waals surface area contributed by atoms with Gasteiger partial charge in [-0.05, 0) is 30.9 Å². The van der Waals surface area contributed by atoms with Gasteiger partial charge in [0.15, 0.2) is 0 Å². The first-order valence-electron chi connectivity index (χ1n) is 9.70. The highest BCUT2D eigenvalue weighted by Crippen LogP contribution is 2.44. The summed E-state index contributed by atoms with van der Waals surface area (Å²) in [4.78, 5) is 5.80. The average Bonchev–Trinajstić information content (AvgIpc) is 3.01. The highest BCUT2D eigenvalue weighted by atomic mass is 15.3. The Kier molecular flexibility index (Phi) is 2.61. The lowest BCUT2D eigenvalue weighted by Crippen LogP contribution is -3.23. The van der Waals surface area contributed by atoms with Crippen molar-refractivity contribution in [2.24, 2.45) is 11.8 Å². The maximum Gasteiger partial charge on any atom is 0.137 e. The Balaban J connectivity index is 1.50. The van der Waals surface area contributed by atoms with Crippen molar-refractivity contribution in [2.75, 3.05) is 13.1 Å². The van der Waals surface area contributed by atoms with Gasteiger partial charge in [0, 0.05) is 23.7 Å². The molecule has 7 rings (SSSR count). The molecule has 0 amide bonds. The second kappa shape index (κ2) is 4.61. The van der Waals surface area contributed by atoms with Crippen LogP contribution in [0, 0.1) is 11.8 Å². The van der Waals surface area contributed by atoms with Gasteiger partial charge in [-0.3, -0.25) is 0 Å². The van der Waals surface area contributed by atoms with E-state index in [-0.39, 0.29) is 0 Å². The topological polar surface area (TPSA) is 36.8 Å². The van der Waals surface area contributed by atoms with Crippen LogP contribution in [0.15, 0.2) is 24.3 Å². The van der Waals surface area contributed by atoms with Crippen LogP contribution in [0.3, 0.4) is 0 Å². The molecule has 3 heteroatoms. The number of rotatable bonds is 0. The first-order chi connectivity index (χ1) is 11.4. The third-order valence-electron chi connectivity index (χ3n) is 7.62. The van der Waals surface area contributed by atoms with Crippen LogP contribution in [-0.2, 0) is 6.42 Å². The summed E-state index contributed by atoms with van der Waals surface area (Å²) >= 11 is 0. The molecule has 4 N–H and O–H groups in total. The number of nitrogens with two attached hydrogens (primary N) is 1. The molecule has 0 spiro atoms. The monoisotopic (exact) mass is 309 g/mol. The van der Waals surface area contributed by atoms with Crippen LogP contribution >= 0.6 is 0 Å². The average molecular weight is 309 g/mol. The first-order valence-corrected chi connectivity index (χ1v) is 9.70. The zero-order chi connectivity index (χ0) is 15.0. The zero-order valence-corrected chi connectivity index (χ0v) is 13.7. The Morgan fingerprint density at radius 3 is 3.04 bits per heavy atom. The van der Waals surface area contributed by atoms with Gasteiger partial charge >= 0.3 is 0 Å². The summed E-state index contributed by atoms with van der Waals surface area (Å²) in [5.41, 5.74) is 4.62. The third kappa shape index (κ3) is 1.62. The molecule has 6 atom stereocenters. The van der Waals surface area contributed by atoms with Gasteiger partial charge in [-0.1, -0.05) is 18.2 Å². The summed E-state index contributed by atoms with van der Waals surface area (Å²) < 4.78 is 0.